The fraction of sp³-hybridized carbons (Fsp3) is 0.575. The molecular weight excluding hydrogens is 607 g/mol. The second kappa shape index (κ2) is 33.2. The molecule has 3 N–H and O–H groups in total. The fourth-order valence-corrected chi connectivity index (χ4v) is 5.31. The highest BCUT2D eigenvalue weighted by Gasteiger charge is 2.24. The first kappa shape index (κ1) is 44.3. The lowest BCUT2D eigenvalue weighted by Gasteiger charge is -2.21. The Morgan fingerprint density at radius 3 is 1.57 bits per heavy atom. The zero-order valence-corrected chi connectivity index (χ0v) is 30.2. The van der Waals surface area contributed by atoms with E-state index in [1.54, 1.807) is 6.08 Å². The van der Waals surface area contributed by atoms with E-state index in [0.717, 1.165) is 64.2 Å². The van der Waals surface area contributed by atoms with Gasteiger partial charge in [0.05, 0.1) is 17.9 Å². The molecule has 0 aromatic carbocycles. The van der Waals surface area contributed by atoms with E-state index in [4.69, 9.17) is 0 Å². The van der Waals surface area contributed by atoms with Gasteiger partial charge in [0.25, 0.3) is 10.1 Å². The molecule has 2 atom stereocenters. The van der Waals surface area contributed by atoms with Gasteiger partial charge in [-0.15, -0.1) is 0 Å². The molecule has 0 saturated carbocycles. The van der Waals surface area contributed by atoms with Gasteiger partial charge in [0, 0.05) is 6.42 Å². The van der Waals surface area contributed by atoms with Crippen molar-refractivity contribution in [3.63, 3.8) is 0 Å². The number of carbonyl (C=O) groups excluding carboxylic acids is 1. The van der Waals surface area contributed by atoms with Crippen LogP contribution in [0.1, 0.15) is 129 Å². The monoisotopic (exact) mass is 671 g/mol. The zero-order chi connectivity index (χ0) is 34.7. The topological polar surface area (TPSA) is 104 Å². The molecule has 0 aliphatic carbocycles. The summed E-state index contributed by atoms with van der Waals surface area (Å²) in [5.41, 5.74) is 0. The van der Waals surface area contributed by atoms with E-state index < -0.39 is 28.0 Å². The molecule has 0 aliphatic heterocycles. The van der Waals surface area contributed by atoms with Crippen molar-refractivity contribution in [1.82, 2.24) is 5.32 Å². The summed E-state index contributed by atoms with van der Waals surface area (Å²) in [6, 6.07) is -1.11. The quantitative estimate of drug-likeness (QED) is 0.0401. The van der Waals surface area contributed by atoms with E-state index in [2.05, 4.69) is 98.2 Å². The third kappa shape index (κ3) is 34.4. The van der Waals surface area contributed by atoms with Crippen molar-refractivity contribution in [2.24, 2.45) is 0 Å². The van der Waals surface area contributed by atoms with Gasteiger partial charge in [-0.25, -0.2) is 0 Å². The molecule has 6 nitrogen and oxygen atoms in total. The van der Waals surface area contributed by atoms with Crippen LogP contribution in [0.3, 0.4) is 0 Å². The number of carbonyl (C=O) groups is 1. The van der Waals surface area contributed by atoms with Gasteiger partial charge in [-0.3, -0.25) is 9.35 Å². The van der Waals surface area contributed by atoms with Crippen LogP contribution in [0.25, 0.3) is 0 Å². The molecule has 0 aromatic rings. The second-order valence-electron chi connectivity index (χ2n) is 11.7. The van der Waals surface area contributed by atoms with E-state index in [9.17, 15) is 22.9 Å². The van der Waals surface area contributed by atoms with E-state index in [1.807, 2.05) is 6.08 Å². The third-order valence-corrected chi connectivity index (χ3v) is 8.00. The van der Waals surface area contributed by atoms with Gasteiger partial charge in [0.15, 0.2) is 0 Å². The first-order valence-corrected chi connectivity index (χ1v) is 19.5. The lowest BCUT2D eigenvalue weighted by molar-refractivity contribution is -0.122. The van der Waals surface area contributed by atoms with Crippen molar-refractivity contribution < 1.29 is 22.9 Å². The lowest BCUT2D eigenvalue weighted by Crippen LogP contribution is -2.46. The van der Waals surface area contributed by atoms with Crippen molar-refractivity contribution in [1.29, 1.82) is 0 Å². The first-order valence-electron chi connectivity index (χ1n) is 17.9. The number of aliphatic hydroxyl groups is 1. The first-order chi connectivity index (χ1) is 22.8. The second-order valence-corrected chi connectivity index (χ2v) is 13.2. The Morgan fingerprint density at radius 2 is 1.04 bits per heavy atom. The molecule has 0 aromatic heterocycles. The zero-order valence-electron chi connectivity index (χ0n) is 29.4. The Kier molecular flexibility index (Phi) is 31.2. The van der Waals surface area contributed by atoms with Crippen LogP contribution in [0.15, 0.2) is 97.2 Å². The summed E-state index contributed by atoms with van der Waals surface area (Å²) < 4.78 is 32.3. The summed E-state index contributed by atoms with van der Waals surface area (Å²) in [4.78, 5) is 12.4. The number of hydrogen-bond acceptors (Lipinski definition) is 4. The molecule has 1 amide bonds. The average molecular weight is 672 g/mol. The summed E-state index contributed by atoms with van der Waals surface area (Å²) in [5.74, 6) is -1.10. The van der Waals surface area contributed by atoms with E-state index in [-0.39, 0.29) is 12.3 Å². The maximum absolute atomic E-state index is 12.4. The maximum atomic E-state index is 12.4. The van der Waals surface area contributed by atoms with Gasteiger partial charge in [-0.2, -0.15) is 8.42 Å². The lowest BCUT2D eigenvalue weighted by atomic mass is 10.1. The molecule has 7 heteroatoms. The van der Waals surface area contributed by atoms with Gasteiger partial charge < -0.3 is 10.4 Å². The van der Waals surface area contributed by atoms with Crippen molar-refractivity contribution in [2.45, 2.75) is 142 Å². The van der Waals surface area contributed by atoms with Crippen LogP contribution in [-0.4, -0.2) is 41.9 Å². The summed E-state index contributed by atoms with van der Waals surface area (Å²) >= 11 is 0. The number of hydrogen-bond donors (Lipinski definition) is 3. The molecule has 2 unspecified atom stereocenters. The van der Waals surface area contributed by atoms with Crippen LogP contribution in [0.5, 0.6) is 0 Å². The van der Waals surface area contributed by atoms with Gasteiger partial charge in [0.1, 0.15) is 0 Å². The summed E-state index contributed by atoms with van der Waals surface area (Å²) in [6.07, 6.45) is 49.6. The smallest absolute Gasteiger partial charge is 0.267 e. The molecule has 0 spiro atoms. The summed E-state index contributed by atoms with van der Waals surface area (Å²) in [5, 5.41) is 13.1. The minimum absolute atomic E-state index is 0.200. The van der Waals surface area contributed by atoms with Crippen LogP contribution >= 0.6 is 0 Å². The normalized spacial score (nSPS) is 14.6. The molecule has 0 bridgehead atoms. The minimum atomic E-state index is -4.38. The van der Waals surface area contributed by atoms with Crippen LogP contribution in [0.2, 0.25) is 0 Å². The number of unbranched alkanes of at least 4 members (excludes halogenated alkanes) is 8. The average Bonchev–Trinajstić information content (AvgIpc) is 3.03. The SMILES string of the molecule is CC/C=C\C/C=C\C/C=C\C/C=C\C/C=C\CCCC(=O)NC(CS(=O)(=O)O)C(O)/C=C/CC/C=C/CC/C=C/CCCCCCC. The van der Waals surface area contributed by atoms with E-state index in [1.165, 1.54) is 38.2 Å². The molecule has 0 heterocycles. The van der Waals surface area contributed by atoms with Gasteiger partial charge in [-0.1, -0.05) is 137 Å². The largest absolute Gasteiger partial charge is 0.387 e. The van der Waals surface area contributed by atoms with Gasteiger partial charge in [-0.05, 0) is 83.5 Å². The Hall–Kier alpha value is -2.74. The van der Waals surface area contributed by atoms with Crippen LogP contribution in [-0.2, 0) is 14.9 Å². The molecule has 47 heavy (non-hydrogen) atoms. The van der Waals surface area contributed by atoms with Crippen molar-refractivity contribution in [3.8, 4) is 0 Å². The van der Waals surface area contributed by atoms with E-state index in [0.29, 0.717) is 12.8 Å². The molecule has 0 fully saturated rings. The van der Waals surface area contributed by atoms with Crippen LogP contribution in [0, 0.1) is 0 Å². The van der Waals surface area contributed by atoms with Crippen molar-refractivity contribution in [2.75, 3.05) is 5.75 Å². The Balaban J connectivity index is 4.23. The third-order valence-electron chi connectivity index (χ3n) is 7.22. The minimum Gasteiger partial charge on any atom is -0.387 e. The summed E-state index contributed by atoms with van der Waals surface area (Å²) in [7, 11) is -4.38. The van der Waals surface area contributed by atoms with Crippen molar-refractivity contribution >= 4 is 16.0 Å². The Morgan fingerprint density at radius 1 is 0.596 bits per heavy atom. The number of allylic oxidation sites excluding steroid dienone is 15. The number of aliphatic hydroxyl groups excluding tert-OH is 1. The highest BCUT2D eigenvalue weighted by molar-refractivity contribution is 7.85. The molecule has 0 rings (SSSR count). The fourth-order valence-electron chi connectivity index (χ4n) is 4.57. The Labute approximate surface area is 288 Å². The van der Waals surface area contributed by atoms with Gasteiger partial charge >= 0.3 is 0 Å². The number of amides is 1. The highest BCUT2D eigenvalue weighted by atomic mass is 32.2. The molecule has 0 saturated heterocycles. The number of rotatable bonds is 30. The maximum Gasteiger partial charge on any atom is 0.267 e. The predicted molar refractivity (Wildman–Crippen MR) is 202 cm³/mol. The highest BCUT2D eigenvalue weighted by Crippen LogP contribution is 2.08. The van der Waals surface area contributed by atoms with Gasteiger partial charge in [0.2, 0.25) is 5.91 Å². The molecule has 266 valence electrons. The predicted octanol–water partition coefficient (Wildman–Crippen LogP) is 10.2. The standard InChI is InChI=1S/C40H65NO5S/c1-3-5-7-9-11-13-15-17-19-20-22-24-26-28-30-32-34-36-40(43)41-38(37-47(44,45)46)39(42)35-33-31-29-27-25-23-21-18-16-14-12-10-8-6-4-2/h5,7,11,13,16-19,22,24-25,27-28,30,33,35,38-39,42H,3-4,6,8-10,12,14-15,20-21,23,26,29,31-32,34,36-37H2,1-2H3,(H,41,43)(H,44,45,46)/b7-5-,13-11-,18-16+,19-17-,24-22-,27-25+,30-28-,35-33+. The number of nitrogens with one attached hydrogen (secondary N) is 1. The van der Waals surface area contributed by atoms with Crippen molar-refractivity contribution in [3.05, 3.63) is 97.2 Å². The Bertz CT molecular complexity index is 1100. The molecular formula is C40H65NO5S. The van der Waals surface area contributed by atoms with Crippen LogP contribution in [0.4, 0.5) is 0 Å². The molecule has 0 aliphatic rings. The van der Waals surface area contributed by atoms with E-state index >= 15 is 0 Å². The summed E-state index contributed by atoms with van der Waals surface area (Å²) in [6.45, 7) is 4.37. The molecule has 0 radical (unpaired) electrons. The van der Waals surface area contributed by atoms with Crippen LogP contribution < -0.4 is 5.32 Å².